The fourth-order valence-electron chi connectivity index (χ4n) is 2.97. The van der Waals surface area contributed by atoms with E-state index in [0.717, 1.165) is 31.2 Å². The number of aryl methyl sites for hydroxylation is 1. The summed E-state index contributed by atoms with van der Waals surface area (Å²) in [4.78, 5) is 20.6. The molecule has 0 unspecified atom stereocenters. The second-order valence-corrected chi connectivity index (χ2v) is 6.05. The van der Waals surface area contributed by atoms with Crippen LogP contribution in [0.2, 0.25) is 0 Å². The lowest BCUT2D eigenvalue weighted by molar-refractivity contribution is -0.120. The average Bonchev–Trinajstić information content (AvgIpc) is 3.05. The van der Waals surface area contributed by atoms with Gasteiger partial charge in [0.15, 0.2) is 5.96 Å². The van der Waals surface area contributed by atoms with E-state index in [0.29, 0.717) is 13.1 Å². The quantitative estimate of drug-likeness (QED) is 0.420. The monoisotopic (exact) mass is 468 g/mol. The standard InChI is InChI=1S/C18H24N6O.HI/c1-19-18(20-9-8-15-6-4-3-5-7-15)23-10-11-24(17(25)14-23)16-12-21-22(2)13-16;/h3-7,12-13H,8-11,14H2,1-2H3,(H,19,20);1H. The van der Waals surface area contributed by atoms with Crippen molar-refractivity contribution in [2.24, 2.45) is 12.0 Å². The Morgan fingerprint density at radius 3 is 2.65 bits per heavy atom. The number of guanidine groups is 1. The van der Waals surface area contributed by atoms with Gasteiger partial charge in [0.25, 0.3) is 0 Å². The van der Waals surface area contributed by atoms with Crippen LogP contribution in [-0.4, -0.2) is 59.8 Å². The molecule has 26 heavy (non-hydrogen) atoms. The van der Waals surface area contributed by atoms with Gasteiger partial charge in [-0.25, -0.2) is 0 Å². The van der Waals surface area contributed by atoms with E-state index in [9.17, 15) is 4.79 Å². The number of benzene rings is 1. The lowest BCUT2D eigenvalue weighted by atomic mass is 10.1. The van der Waals surface area contributed by atoms with Gasteiger partial charge in [-0.05, 0) is 12.0 Å². The summed E-state index contributed by atoms with van der Waals surface area (Å²) in [5, 5.41) is 7.49. The first kappa shape index (κ1) is 20.2. The van der Waals surface area contributed by atoms with Gasteiger partial charge in [0, 0.05) is 39.9 Å². The number of halogens is 1. The van der Waals surface area contributed by atoms with Crippen LogP contribution in [0.4, 0.5) is 5.69 Å². The summed E-state index contributed by atoms with van der Waals surface area (Å²) < 4.78 is 1.71. The van der Waals surface area contributed by atoms with Crippen LogP contribution in [0.1, 0.15) is 5.56 Å². The number of nitrogens with one attached hydrogen (secondary N) is 1. The second-order valence-electron chi connectivity index (χ2n) is 6.05. The molecule has 0 spiro atoms. The van der Waals surface area contributed by atoms with Crippen LogP contribution in [0, 0.1) is 0 Å². The second kappa shape index (κ2) is 9.56. The first-order valence-corrected chi connectivity index (χ1v) is 8.46. The molecule has 2 heterocycles. The van der Waals surface area contributed by atoms with E-state index < -0.39 is 0 Å². The molecule has 1 amide bonds. The number of hydrogen-bond acceptors (Lipinski definition) is 3. The summed E-state index contributed by atoms with van der Waals surface area (Å²) in [5.74, 6) is 0.834. The molecule has 0 aliphatic carbocycles. The van der Waals surface area contributed by atoms with Gasteiger partial charge in [-0.15, -0.1) is 24.0 Å². The molecule has 1 fully saturated rings. The Balaban J connectivity index is 0.00000243. The molecule has 1 aliphatic heterocycles. The fourth-order valence-corrected chi connectivity index (χ4v) is 2.97. The van der Waals surface area contributed by atoms with E-state index >= 15 is 0 Å². The molecule has 3 rings (SSSR count). The number of carbonyl (C=O) groups excluding carboxylic acids is 1. The Kier molecular flexibility index (Phi) is 7.43. The molecule has 0 bridgehead atoms. The van der Waals surface area contributed by atoms with Crippen molar-refractivity contribution in [3.8, 4) is 0 Å². The van der Waals surface area contributed by atoms with E-state index in [2.05, 4.69) is 27.5 Å². The molecule has 1 aromatic heterocycles. The number of carbonyl (C=O) groups is 1. The molecule has 0 saturated carbocycles. The summed E-state index contributed by atoms with van der Waals surface area (Å²) in [7, 11) is 3.60. The fraction of sp³-hybridized carbons (Fsp3) is 0.389. The minimum Gasteiger partial charge on any atom is -0.356 e. The minimum atomic E-state index is 0. The van der Waals surface area contributed by atoms with E-state index in [4.69, 9.17) is 0 Å². The molecule has 0 radical (unpaired) electrons. The van der Waals surface area contributed by atoms with E-state index in [1.165, 1.54) is 5.56 Å². The highest BCUT2D eigenvalue weighted by molar-refractivity contribution is 14.0. The van der Waals surface area contributed by atoms with Gasteiger partial charge in [-0.3, -0.25) is 14.5 Å². The number of aromatic nitrogens is 2. The molecule has 7 nitrogen and oxygen atoms in total. The van der Waals surface area contributed by atoms with Gasteiger partial charge >= 0.3 is 0 Å². The Hall–Kier alpha value is -2.10. The maximum Gasteiger partial charge on any atom is 0.246 e. The molecule has 8 heteroatoms. The molecule has 1 N–H and O–H groups in total. The van der Waals surface area contributed by atoms with Gasteiger partial charge in [-0.1, -0.05) is 30.3 Å². The number of amides is 1. The van der Waals surface area contributed by atoms with Crippen LogP contribution in [0.15, 0.2) is 47.7 Å². The van der Waals surface area contributed by atoms with Crippen LogP contribution in [0.5, 0.6) is 0 Å². The van der Waals surface area contributed by atoms with Gasteiger partial charge < -0.3 is 15.1 Å². The average molecular weight is 468 g/mol. The van der Waals surface area contributed by atoms with Crippen LogP contribution in [0.3, 0.4) is 0 Å². The predicted octanol–water partition coefficient (Wildman–Crippen LogP) is 1.50. The summed E-state index contributed by atoms with van der Waals surface area (Å²) in [5.41, 5.74) is 2.13. The Morgan fingerprint density at radius 2 is 2.04 bits per heavy atom. The van der Waals surface area contributed by atoms with Crippen molar-refractivity contribution in [2.75, 3.05) is 38.1 Å². The molecular formula is C18H25IN6O. The van der Waals surface area contributed by atoms with Gasteiger partial charge in [0.1, 0.15) is 6.54 Å². The third-order valence-electron chi connectivity index (χ3n) is 4.27. The Morgan fingerprint density at radius 1 is 1.27 bits per heavy atom. The minimum absolute atomic E-state index is 0. The van der Waals surface area contributed by atoms with Crippen LogP contribution in [0.25, 0.3) is 0 Å². The number of rotatable bonds is 4. The first-order valence-electron chi connectivity index (χ1n) is 8.46. The molecule has 1 aliphatic rings. The third-order valence-corrected chi connectivity index (χ3v) is 4.27. The number of aliphatic imine (C=N–C) groups is 1. The van der Waals surface area contributed by atoms with Gasteiger partial charge in [0.05, 0.1) is 11.9 Å². The topological polar surface area (TPSA) is 65.8 Å². The van der Waals surface area contributed by atoms with Crippen molar-refractivity contribution in [1.82, 2.24) is 20.0 Å². The zero-order valence-corrected chi connectivity index (χ0v) is 17.5. The number of nitrogens with zero attached hydrogens (tertiary/aromatic N) is 5. The first-order chi connectivity index (χ1) is 12.2. The largest absolute Gasteiger partial charge is 0.356 e. The van der Waals surface area contributed by atoms with Crippen molar-refractivity contribution >= 4 is 41.5 Å². The third kappa shape index (κ3) is 4.96. The van der Waals surface area contributed by atoms with E-state index in [1.807, 2.05) is 36.3 Å². The smallest absolute Gasteiger partial charge is 0.246 e. The Labute approximate surface area is 171 Å². The maximum absolute atomic E-state index is 12.5. The van der Waals surface area contributed by atoms with Crippen molar-refractivity contribution in [1.29, 1.82) is 0 Å². The predicted molar refractivity (Wildman–Crippen MR) is 114 cm³/mol. The van der Waals surface area contributed by atoms with Crippen molar-refractivity contribution < 1.29 is 4.79 Å². The molecule has 1 saturated heterocycles. The molecule has 1 aromatic carbocycles. The van der Waals surface area contributed by atoms with Crippen LogP contribution >= 0.6 is 24.0 Å². The Bertz CT molecular complexity index is 745. The van der Waals surface area contributed by atoms with Gasteiger partial charge in [-0.2, -0.15) is 5.10 Å². The number of anilines is 1. The zero-order valence-electron chi connectivity index (χ0n) is 15.1. The van der Waals surface area contributed by atoms with E-state index in [1.54, 1.807) is 22.8 Å². The molecular weight excluding hydrogens is 443 g/mol. The van der Waals surface area contributed by atoms with Gasteiger partial charge in [0.2, 0.25) is 5.91 Å². The van der Waals surface area contributed by atoms with Crippen LogP contribution in [-0.2, 0) is 18.3 Å². The van der Waals surface area contributed by atoms with Crippen molar-refractivity contribution in [3.63, 3.8) is 0 Å². The van der Waals surface area contributed by atoms with Crippen LogP contribution < -0.4 is 10.2 Å². The lowest BCUT2D eigenvalue weighted by Crippen LogP contribution is -2.55. The van der Waals surface area contributed by atoms with E-state index in [-0.39, 0.29) is 29.9 Å². The lowest BCUT2D eigenvalue weighted by Gasteiger charge is -2.35. The molecule has 0 atom stereocenters. The highest BCUT2D eigenvalue weighted by Crippen LogP contribution is 2.16. The normalized spacial score (nSPS) is 15.0. The van der Waals surface area contributed by atoms with Crippen molar-refractivity contribution in [3.05, 3.63) is 48.3 Å². The molecule has 140 valence electrons. The zero-order chi connectivity index (χ0) is 17.6. The summed E-state index contributed by atoms with van der Waals surface area (Å²) in [6, 6.07) is 10.3. The summed E-state index contributed by atoms with van der Waals surface area (Å²) in [6.07, 6.45) is 4.50. The SMILES string of the molecule is CN=C(NCCc1ccccc1)N1CCN(c2cnn(C)c2)C(=O)C1.I. The summed E-state index contributed by atoms with van der Waals surface area (Å²) >= 11 is 0. The highest BCUT2D eigenvalue weighted by Gasteiger charge is 2.27. The summed E-state index contributed by atoms with van der Waals surface area (Å²) in [6.45, 7) is 2.48. The maximum atomic E-state index is 12.5. The number of hydrogen-bond donors (Lipinski definition) is 1. The molecule has 2 aromatic rings. The highest BCUT2D eigenvalue weighted by atomic mass is 127. The van der Waals surface area contributed by atoms with Crippen molar-refractivity contribution in [2.45, 2.75) is 6.42 Å². The number of piperazine rings is 1.